The van der Waals surface area contributed by atoms with E-state index in [4.69, 9.17) is 10.5 Å². The Morgan fingerprint density at radius 3 is 3.08 bits per heavy atom. The van der Waals surface area contributed by atoms with E-state index in [0.717, 1.165) is 13.0 Å². The molecule has 1 aliphatic rings. The van der Waals surface area contributed by atoms with E-state index in [1.165, 1.54) is 7.11 Å². The lowest BCUT2D eigenvalue weighted by atomic mass is 9.97. The summed E-state index contributed by atoms with van der Waals surface area (Å²) in [5.41, 5.74) is 5.77. The average molecular weight is 173 g/mol. The van der Waals surface area contributed by atoms with E-state index in [1.54, 1.807) is 0 Å². The molecule has 0 aromatic carbocycles. The molecule has 0 aliphatic carbocycles. The van der Waals surface area contributed by atoms with Crippen LogP contribution in [0.3, 0.4) is 0 Å². The van der Waals surface area contributed by atoms with Gasteiger partial charge in [-0.15, -0.1) is 0 Å². The number of ether oxygens (including phenoxy) is 2. The first-order chi connectivity index (χ1) is 5.74. The second-order valence-electron chi connectivity index (χ2n) is 3.07. The molecule has 0 aromatic heterocycles. The van der Waals surface area contributed by atoms with Crippen molar-refractivity contribution >= 4 is 5.97 Å². The highest BCUT2D eigenvalue weighted by Crippen LogP contribution is 2.17. The number of methoxy groups -OCH3 is 1. The topological polar surface area (TPSA) is 61.5 Å². The SMILES string of the molecule is COC(=O)C[C@H](N)C1CCOC1. The third-order valence-electron chi connectivity index (χ3n) is 2.20. The van der Waals surface area contributed by atoms with Crippen LogP contribution >= 0.6 is 0 Å². The average Bonchev–Trinajstić information content (AvgIpc) is 2.56. The summed E-state index contributed by atoms with van der Waals surface area (Å²) in [7, 11) is 1.38. The smallest absolute Gasteiger partial charge is 0.307 e. The Morgan fingerprint density at radius 2 is 2.58 bits per heavy atom. The van der Waals surface area contributed by atoms with Gasteiger partial charge in [-0.25, -0.2) is 0 Å². The highest BCUT2D eigenvalue weighted by Gasteiger charge is 2.24. The number of hydrogen-bond donors (Lipinski definition) is 1. The van der Waals surface area contributed by atoms with Crippen molar-refractivity contribution in [1.29, 1.82) is 0 Å². The summed E-state index contributed by atoms with van der Waals surface area (Å²) in [6.45, 7) is 1.44. The van der Waals surface area contributed by atoms with E-state index in [2.05, 4.69) is 4.74 Å². The van der Waals surface area contributed by atoms with Gasteiger partial charge in [-0.2, -0.15) is 0 Å². The number of hydrogen-bond acceptors (Lipinski definition) is 4. The fraction of sp³-hybridized carbons (Fsp3) is 0.875. The van der Waals surface area contributed by atoms with Gasteiger partial charge in [0.25, 0.3) is 0 Å². The van der Waals surface area contributed by atoms with Crippen LogP contribution in [0.2, 0.25) is 0 Å². The Kier molecular flexibility index (Phi) is 3.49. The normalized spacial score (nSPS) is 25.3. The second-order valence-corrected chi connectivity index (χ2v) is 3.07. The van der Waals surface area contributed by atoms with Gasteiger partial charge in [-0.3, -0.25) is 4.79 Å². The number of esters is 1. The van der Waals surface area contributed by atoms with Crippen molar-refractivity contribution in [3.63, 3.8) is 0 Å². The predicted octanol–water partition coefficient (Wildman–Crippen LogP) is -0.0867. The minimum atomic E-state index is -0.241. The molecule has 70 valence electrons. The van der Waals surface area contributed by atoms with Crippen molar-refractivity contribution in [1.82, 2.24) is 0 Å². The van der Waals surface area contributed by atoms with Gasteiger partial charge in [0.15, 0.2) is 0 Å². The standard InChI is InChI=1S/C8H15NO3/c1-11-8(10)4-7(9)6-2-3-12-5-6/h6-7H,2-5,9H2,1H3/t6?,7-/m0/s1. The molecule has 0 radical (unpaired) electrons. The van der Waals surface area contributed by atoms with Gasteiger partial charge in [-0.05, 0) is 6.42 Å². The van der Waals surface area contributed by atoms with E-state index in [0.29, 0.717) is 18.9 Å². The molecule has 0 bridgehead atoms. The summed E-state index contributed by atoms with van der Waals surface area (Å²) in [4.78, 5) is 10.8. The van der Waals surface area contributed by atoms with Crippen LogP contribution in [0, 0.1) is 5.92 Å². The monoisotopic (exact) mass is 173 g/mol. The summed E-state index contributed by atoms with van der Waals surface area (Å²) in [6, 6.07) is -0.111. The maximum atomic E-state index is 10.8. The molecule has 1 heterocycles. The summed E-state index contributed by atoms with van der Waals surface area (Å²) in [6.07, 6.45) is 1.25. The molecule has 0 saturated carbocycles. The minimum Gasteiger partial charge on any atom is -0.469 e. The van der Waals surface area contributed by atoms with Gasteiger partial charge < -0.3 is 15.2 Å². The van der Waals surface area contributed by atoms with Crippen LogP contribution in [0.15, 0.2) is 0 Å². The zero-order valence-corrected chi connectivity index (χ0v) is 7.29. The predicted molar refractivity (Wildman–Crippen MR) is 43.5 cm³/mol. The van der Waals surface area contributed by atoms with Gasteiger partial charge in [0.1, 0.15) is 0 Å². The Hall–Kier alpha value is -0.610. The molecule has 0 aromatic rings. The van der Waals surface area contributed by atoms with E-state index in [9.17, 15) is 4.79 Å². The van der Waals surface area contributed by atoms with Crippen LogP contribution in [0.1, 0.15) is 12.8 Å². The molecule has 2 N–H and O–H groups in total. The van der Waals surface area contributed by atoms with Crippen LogP contribution in [0.25, 0.3) is 0 Å². The summed E-state index contributed by atoms with van der Waals surface area (Å²) in [5, 5.41) is 0. The summed E-state index contributed by atoms with van der Waals surface area (Å²) < 4.78 is 9.68. The van der Waals surface area contributed by atoms with E-state index >= 15 is 0 Å². The molecule has 1 fully saturated rings. The Balaban J connectivity index is 2.26. The zero-order valence-electron chi connectivity index (χ0n) is 7.29. The molecule has 4 heteroatoms. The largest absolute Gasteiger partial charge is 0.469 e. The third kappa shape index (κ3) is 2.46. The number of rotatable bonds is 3. The fourth-order valence-corrected chi connectivity index (χ4v) is 1.33. The Labute approximate surface area is 72.0 Å². The maximum absolute atomic E-state index is 10.8. The van der Waals surface area contributed by atoms with Crippen LogP contribution in [-0.4, -0.2) is 32.3 Å². The molecule has 4 nitrogen and oxygen atoms in total. The molecule has 2 atom stereocenters. The highest BCUT2D eigenvalue weighted by atomic mass is 16.5. The minimum absolute atomic E-state index is 0.111. The van der Waals surface area contributed by atoms with E-state index in [-0.39, 0.29) is 12.0 Å². The van der Waals surface area contributed by atoms with Crippen LogP contribution in [-0.2, 0) is 14.3 Å². The first-order valence-corrected chi connectivity index (χ1v) is 4.14. The van der Waals surface area contributed by atoms with Gasteiger partial charge in [-0.1, -0.05) is 0 Å². The number of carbonyl (C=O) groups excluding carboxylic acids is 1. The second kappa shape index (κ2) is 4.42. The van der Waals surface area contributed by atoms with Crippen LogP contribution < -0.4 is 5.73 Å². The molecule has 12 heavy (non-hydrogen) atoms. The molecule has 1 aliphatic heterocycles. The van der Waals surface area contributed by atoms with Gasteiger partial charge in [0, 0.05) is 18.6 Å². The maximum Gasteiger partial charge on any atom is 0.307 e. The molecule has 0 spiro atoms. The van der Waals surface area contributed by atoms with Gasteiger partial charge in [0.05, 0.1) is 20.1 Å². The van der Waals surface area contributed by atoms with Gasteiger partial charge in [0.2, 0.25) is 0 Å². The lowest BCUT2D eigenvalue weighted by Gasteiger charge is -2.15. The van der Waals surface area contributed by atoms with Crippen molar-refractivity contribution in [2.75, 3.05) is 20.3 Å². The fourth-order valence-electron chi connectivity index (χ4n) is 1.33. The molecule has 1 rings (SSSR count). The van der Waals surface area contributed by atoms with Gasteiger partial charge >= 0.3 is 5.97 Å². The van der Waals surface area contributed by atoms with E-state index in [1.807, 2.05) is 0 Å². The van der Waals surface area contributed by atoms with Crippen molar-refractivity contribution in [2.45, 2.75) is 18.9 Å². The van der Waals surface area contributed by atoms with Crippen molar-refractivity contribution in [3.05, 3.63) is 0 Å². The number of carbonyl (C=O) groups is 1. The first kappa shape index (κ1) is 9.48. The molecular formula is C8H15NO3. The third-order valence-corrected chi connectivity index (χ3v) is 2.20. The van der Waals surface area contributed by atoms with Crippen molar-refractivity contribution < 1.29 is 14.3 Å². The summed E-state index contributed by atoms with van der Waals surface area (Å²) in [5.74, 6) is 0.0819. The van der Waals surface area contributed by atoms with Crippen molar-refractivity contribution in [2.24, 2.45) is 11.7 Å². The molecule has 1 unspecified atom stereocenters. The van der Waals surface area contributed by atoms with Crippen LogP contribution in [0.5, 0.6) is 0 Å². The van der Waals surface area contributed by atoms with E-state index < -0.39 is 0 Å². The Bertz CT molecular complexity index is 154. The lowest BCUT2D eigenvalue weighted by Crippen LogP contribution is -2.33. The quantitative estimate of drug-likeness (QED) is 0.606. The first-order valence-electron chi connectivity index (χ1n) is 4.14. The highest BCUT2D eigenvalue weighted by molar-refractivity contribution is 5.69. The molecular weight excluding hydrogens is 158 g/mol. The molecule has 0 amide bonds. The zero-order chi connectivity index (χ0) is 8.97. The van der Waals surface area contributed by atoms with Crippen LogP contribution in [0.4, 0.5) is 0 Å². The number of nitrogens with two attached hydrogens (primary N) is 1. The lowest BCUT2D eigenvalue weighted by molar-refractivity contribution is -0.141. The van der Waals surface area contributed by atoms with Crippen molar-refractivity contribution in [3.8, 4) is 0 Å². The Morgan fingerprint density at radius 1 is 1.83 bits per heavy atom. The molecule has 1 saturated heterocycles. The summed E-state index contributed by atoms with van der Waals surface area (Å²) >= 11 is 0.